The molecule has 0 saturated heterocycles. The molecule has 4 bridgehead atoms. The molecule has 1 aromatic rings. The molecule has 3 amide bonds. The second-order valence-corrected chi connectivity index (χ2v) is 9.98. The first kappa shape index (κ1) is 18.8. The molecule has 4 aliphatic carbocycles. The van der Waals surface area contributed by atoms with Crippen molar-refractivity contribution in [3.63, 3.8) is 0 Å². The average molecular weight is 395 g/mol. The van der Waals surface area contributed by atoms with Gasteiger partial charge < -0.3 is 5.32 Å². The molecule has 5 nitrogen and oxygen atoms in total. The van der Waals surface area contributed by atoms with E-state index in [0.29, 0.717) is 35.9 Å². The lowest BCUT2D eigenvalue weighted by Crippen LogP contribution is -2.55. The van der Waals surface area contributed by atoms with Gasteiger partial charge in [-0.25, -0.2) is 0 Å². The topological polar surface area (TPSA) is 66.5 Å². The van der Waals surface area contributed by atoms with Crippen LogP contribution in [0.3, 0.4) is 0 Å². The smallest absolute Gasteiger partial charge is 0.261 e. The number of carbonyl (C=O) groups excluding carboxylic acids is 3. The Morgan fingerprint density at radius 2 is 1.55 bits per heavy atom. The van der Waals surface area contributed by atoms with Crippen molar-refractivity contribution in [1.29, 1.82) is 0 Å². The van der Waals surface area contributed by atoms with E-state index >= 15 is 0 Å². The number of rotatable bonds is 6. The average Bonchev–Trinajstić information content (AvgIpc) is 2.92. The lowest BCUT2D eigenvalue weighted by Gasteiger charge is -2.59. The van der Waals surface area contributed by atoms with Crippen molar-refractivity contribution in [2.24, 2.45) is 23.2 Å². The first-order valence-electron chi connectivity index (χ1n) is 11.2. The standard InChI is InChI=1S/C24H30N2O3/c1-15(24-12-16-9-17(13-24)11-18(10-16)14-24)25-21(27)7-4-8-26-22(28)19-5-2-3-6-20(19)23(26)29/h2-3,5-6,15-18H,4,7-14H2,1H3,(H,25,27)/t15-,16?,17?,18?,24?/m1/s1. The number of hydrogen-bond acceptors (Lipinski definition) is 3. The molecule has 0 aromatic heterocycles. The molecule has 0 radical (unpaired) electrons. The van der Waals surface area contributed by atoms with E-state index in [0.717, 1.165) is 17.8 Å². The third kappa shape index (κ3) is 3.19. The molecule has 1 aliphatic heterocycles. The van der Waals surface area contributed by atoms with Crippen molar-refractivity contribution in [3.05, 3.63) is 35.4 Å². The number of nitrogens with zero attached hydrogens (tertiary/aromatic N) is 1. The summed E-state index contributed by atoms with van der Waals surface area (Å²) < 4.78 is 0. The summed E-state index contributed by atoms with van der Waals surface area (Å²) in [4.78, 5) is 38.7. The summed E-state index contributed by atoms with van der Waals surface area (Å²) in [6.45, 7) is 2.49. The third-order valence-corrected chi connectivity index (χ3v) is 8.05. The van der Waals surface area contributed by atoms with Crippen LogP contribution in [0.25, 0.3) is 0 Å². The van der Waals surface area contributed by atoms with Gasteiger partial charge in [0.15, 0.2) is 0 Å². The monoisotopic (exact) mass is 394 g/mol. The van der Waals surface area contributed by atoms with Crippen molar-refractivity contribution in [1.82, 2.24) is 10.2 Å². The van der Waals surface area contributed by atoms with Crippen LogP contribution in [0.1, 0.15) is 79.0 Å². The van der Waals surface area contributed by atoms with Crippen LogP contribution < -0.4 is 5.32 Å². The van der Waals surface area contributed by atoms with Crippen molar-refractivity contribution in [2.45, 2.75) is 64.3 Å². The van der Waals surface area contributed by atoms with E-state index in [9.17, 15) is 14.4 Å². The molecule has 6 rings (SSSR count). The summed E-state index contributed by atoms with van der Waals surface area (Å²) in [5.74, 6) is 2.17. The highest BCUT2D eigenvalue weighted by Crippen LogP contribution is 2.61. The Kier molecular flexibility index (Phi) is 4.52. The van der Waals surface area contributed by atoms with Crippen molar-refractivity contribution >= 4 is 17.7 Å². The number of benzene rings is 1. The summed E-state index contributed by atoms with van der Waals surface area (Å²) in [6.07, 6.45) is 8.88. The van der Waals surface area contributed by atoms with Gasteiger partial charge >= 0.3 is 0 Å². The van der Waals surface area contributed by atoms with Gasteiger partial charge in [-0.1, -0.05) is 12.1 Å². The van der Waals surface area contributed by atoms with Crippen LogP contribution in [0.4, 0.5) is 0 Å². The van der Waals surface area contributed by atoms with E-state index in [1.807, 2.05) is 0 Å². The maximum Gasteiger partial charge on any atom is 0.261 e. The van der Waals surface area contributed by atoms with Crippen LogP contribution in [0, 0.1) is 23.2 Å². The third-order valence-electron chi connectivity index (χ3n) is 8.05. The molecule has 1 atom stereocenters. The Balaban J connectivity index is 1.14. The van der Waals surface area contributed by atoms with Gasteiger partial charge in [0.25, 0.3) is 11.8 Å². The van der Waals surface area contributed by atoms with Crippen LogP contribution in [0.2, 0.25) is 0 Å². The minimum Gasteiger partial charge on any atom is -0.353 e. The number of fused-ring (bicyclic) bond motifs is 1. The molecule has 1 N–H and O–H groups in total. The summed E-state index contributed by atoms with van der Waals surface area (Å²) >= 11 is 0. The highest BCUT2D eigenvalue weighted by Gasteiger charge is 2.53. The van der Waals surface area contributed by atoms with E-state index in [1.54, 1.807) is 24.3 Å². The van der Waals surface area contributed by atoms with Gasteiger partial charge in [0.2, 0.25) is 5.91 Å². The van der Waals surface area contributed by atoms with Gasteiger partial charge in [-0.05, 0) is 87.2 Å². The fourth-order valence-corrected chi connectivity index (χ4v) is 7.01. The first-order chi connectivity index (χ1) is 13.9. The molecule has 5 aliphatic rings. The highest BCUT2D eigenvalue weighted by molar-refractivity contribution is 6.21. The molecular weight excluding hydrogens is 364 g/mol. The molecule has 0 unspecified atom stereocenters. The minimum atomic E-state index is -0.243. The van der Waals surface area contributed by atoms with Crippen molar-refractivity contribution in [2.75, 3.05) is 6.54 Å². The zero-order valence-electron chi connectivity index (χ0n) is 17.2. The van der Waals surface area contributed by atoms with E-state index in [-0.39, 0.29) is 23.8 Å². The van der Waals surface area contributed by atoms with Gasteiger partial charge in [-0.15, -0.1) is 0 Å². The molecule has 4 fully saturated rings. The van der Waals surface area contributed by atoms with Crippen LogP contribution in [-0.2, 0) is 4.79 Å². The summed E-state index contributed by atoms with van der Waals surface area (Å²) in [7, 11) is 0. The van der Waals surface area contributed by atoms with E-state index in [4.69, 9.17) is 0 Å². The molecule has 29 heavy (non-hydrogen) atoms. The Labute approximate surface area is 172 Å². The maximum absolute atomic E-state index is 12.6. The van der Waals surface area contributed by atoms with E-state index < -0.39 is 0 Å². The molecule has 5 heteroatoms. The molecular formula is C24H30N2O3. The van der Waals surface area contributed by atoms with E-state index in [1.165, 1.54) is 43.4 Å². The Morgan fingerprint density at radius 3 is 2.07 bits per heavy atom. The quantitative estimate of drug-likeness (QED) is 0.747. The van der Waals surface area contributed by atoms with Gasteiger partial charge in [-0.2, -0.15) is 0 Å². The van der Waals surface area contributed by atoms with Crippen LogP contribution in [0.15, 0.2) is 24.3 Å². The molecule has 4 saturated carbocycles. The number of amides is 3. The van der Waals surface area contributed by atoms with Gasteiger partial charge in [0, 0.05) is 19.0 Å². The summed E-state index contributed by atoms with van der Waals surface area (Å²) in [5, 5.41) is 3.27. The molecule has 0 spiro atoms. The number of imide groups is 1. The number of hydrogen-bond donors (Lipinski definition) is 1. The van der Waals surface area contributed by atoms with Crippen molar-refractivity contribution < 1.29 is 14.4 Å². The Bertz CT molecular complexity index is 791. The summed E-state index contributed by atoms with van der Waals surface area (Å²) in [5.41, 5.74) is 1.24. The second-order valence-electron chi connectivity index (χ2n) is 9.98. The summed E-state index contributed by atoms with van der Waals surface area (Å²) in [6, 6.07) is 7.13. The van der Waals surface area contributed by atoms with Crippen LogP contribution in [-0.4, -0.2) is 35.2 Å². The molecule has 1 aromatic carbocycles. The normalized spacial score (nSPS) is 33.1. The van der Waals surface area contributed by atoms with Crippen LogP contribution >= 0.6 is 0 Å². The maximum atomic E-state index is 12.6. The van der Waals surface area contributed by atoms with Crippen molar-refractivity contribution in [3.8, 4) is 0 Å². The lowest BCUT2D eigenvalue weighted by atomic mass is 9.48. The number of carbonyl (C=O) groups is 3. The van der Waals surface area contributed by atoms with Gasteiger partial charge in [0.05, 0.1) is 11.1 Å². The predicted molar refractivity (Wildman–Crippen MR) is 109 cm³/mol. The zero-order chi connectivity index (χ0) is 20.2. The lowest BCUT2D eigenvalue weighted by molar-refractivity contribution is -0.126. The molecule has 1 heterocycles. The number of nitrogens with one attached hydrogen (secondary N) is 1. The largest absolute Gasteiger partial charge is 0.353 e. The van der Waals surface area contributed by atoms with E-state index in [2.05, 4.69) is 12.2 Å². The molecule has 154 valence electrons. The second kappa shape index (κ2) is 6.96. The Morgan fingerprint density at radius 1 is 1.03 bits per heavy atom. The van der Waals surface area contributed by atoms with Crippen LogP contribution in [0.5, 0.6) is 0 Å². The predicted octanol–water partition coefficient (Wildman–Crippen LogP) is 3.78. The van der Waals surface area contributed by atoms with Gasteiger partial charge in [0.1, 0.15) is 0 Å². The fraction of sp³-hybridized carbons (Fsp3) is 0.625. The Hall–Kier alpha value is -2.17. The zero-order valence-corrected chi connectivity index (χ0v) is 17.2. The SMILES string of the molecule is C[C@@H](NC(=O)CCCN1C(=O)c2ccccc2C1=O)C12CC3CC(CC(C3)C1)C2. The minimum absolute atomic E-state index is 0.0462. The fourth-order valence-electron chi connectivity index (χ4n) is 7.01. The first-order valence-corrected chi connectivity index (χ1v) is 11.2. The highest BCUT2D eigenvalue weighted by atomic mass is 16.2. The van der Waals surface area contributed by atoms with Gasteiger partial charge in [-0.3, -0.25) is 19.3 Å².